The van der Waals surface area contributed by atoms with Crippen LogP contribution >= 0.6 is 0 Å². The molecule has 0 saturated heterocycles. The average Bonchev–Trinajstić information content (AvgIpc) is 1.61. The Bertz CT molecular complexity index is 107. The molecule has 0 aliphatic carbocycles. The zero-order valence-electron chi connectivity index (χ0n) is 6.72. The standard InChI is InChI=1S/C4H10O.C3H5NO/c1-4(2,3)5;1-2-3(4)5/h5H,1-3H3;2H,1H2,(H2,4,5). The summed E-state index contributed by atoms with van der Waals surface area (Å²) < 4.78 is 0. The van der Waals surface area contributed by atoms with Gasteiger partial charge >= 0.3 is 0 Å². The van der Waals surface area contributed by atoms with Crippen molar-refractivity contribution in [2.75, 3.05) is 0 Å². The number of hydrogen-bond acceptors (Lipinski definition) is 2. The zero-order valence-corrected chi connectivity index (χ0v) is 6.72. The van der Waals surface area contributed by atoms with Crippen LogP contribution in [0.3, 0.4) is 0 Å². The van der Waals surface area contributed by atoms with Crippen molar-refractivity contribution in [2.45, 2.75) is 26.4 Å². The van der Waals surface area contributed by atoms with Crippen molar-refractivity contribution in [3.63, 3.8) is 0 Å². The second-order valence-electron chi connectivity index (χ2n) is 2.78. The number of aliphatic hydroxyl groups is 1. The normalized spacial score (nSPS) is 9.20. The van der Waals surface area contributed by atoms with Gasteiger partial charge in [-0.1, -0.05) is 6.58 Å². The lowest BCUT2D eigenvalue weighted by Crippen LogP contribution is -2.10. The summed E-state index contributed by atoms with van der Waals surface area (Å²) in [4.78, 5) is 9.47. The molecule has 0 unspecified atom stereocenters. The van der Waals surface area contributed by atoms with Crippen molar-refractivity contribution >= 4 is 5.91 Å². The van der Waals surface area contributed by atoms with Gasteiger partial charge < -0.3 is 10.8 Å². The van der Waals surface area contributed by atoms with E-state index >= 15 is 0 Å². The first-order valence-corrected chi connectivity index (χ1v) is 2.91. The van der Waals surface area contributed by atoms with Gasteiger partial charge in [0.1, 0.15) is 0 Å². The molecule has 0 fully saturated rings. The van der Waals surface area contributed by atoms with E-state index < -0.39 is 11.5 Å². The molecule has 60 valence electrons. The quantitative estimate of drug-likeness (QED) is 0.526. The van der Waals surface area contributed by atoms with E-state index in [1.807, 2.05) is 0 Å². The number of amides is 1. The van der Waals surface area contributed by atoms with Gasteiger partial charge in [0.2, 0.25) is 5.91 Å². The highest BCUT2D eigenvalue weighted by molar-refractivity contribution is 5.84. The molecule has 1 amide bonds. The van der Waals surface area contributed by atoms with Crippen LogP contribution in [0.25, 0.3) is 0 Å². The lowest BCUT2D eigenvalue weighted by molar-refractivity contribution is -0.113. The van der Waals surface area contributed by atoms with Gasteiger partial charge in [0.25, 0.3) is 0 Å². The number of nitrogens with two attached hydrogens (primary N) is 1. The Kier molecular flexibility index (Phi) is 5.95. The summed E-state index contributed by atoms with van der Waals surface area (Å²) in [5.41, 5.74) is 4.03. The Hall–Kier alpha value is -0.830. The van der Waals surface area contributed by atoms with Crippen LogP contribution in [0.5, 0.6) is 0 Å². The summed E-state index contributed by atoms with van der Waals surface area (Å²) in [7, 11) is 0. The Labute approximate surface area is 61.5 Å². The third-order valence-electron chi connectivity index (χ3n) is 0.201. The summed E-state index contributed by atoms with van der Waals surface area (Å²) >= 11 is 0. The number of carbonyl (C=O) groups excluding carboxylic acids is 1. The summed E-state index contributed by atoms with van der Waals surface area (Å²) in [6, 6.07) is 0. The van der Waals surface area contributed by atoms with Gasteiger partial charge in [-0.15, -0.1) is 0 Å². The molecule has 10 heavy (non-hydrogen) atoms. The second-order valence-corrected chi connectivity index (χ2v) is 2.78. The number of rotatable bonds is 1. The van der Waals surface area contributed by atoms with Crippen molar-refractivity contribution in [2.24, 2.45) is 5.73 Å². The predicted molar refractivity (Wildman–Crippen MR) is 41.4 cm³/mol. The SMILES string of the molecule is C=CC(N)=O.CC(C)(C)O. The van der Waals surface area contributed by atoms with Gasteiger partial charge in [-0.25, -0.2) is 0 Å². The Morgan fingerprint density at radius 2 is 1.70 bits per heavy atom. The topological polar surface area (TPSA) is 63.3 Å². The molecule has 3 heteroatoms. The van der Waals surface area contributed by atoms with Crippen LogP contribution in [0.4, 0.5) is 0 Å². The zero-order chi connectivity index (χ0) is 8.78. The number of primary amides is 1. The monoisotopic (exact) mass is 145 g/mol. The van der Waals surface area contributed by atoms with E-state index in [1.54, 1.807) is 20.8 Å². The second kappa shape index (κ2) is 4.99. The maximum absolute atomic E-state index is 9.47. The van der Waals surface area contributed by atoms with E-state index in [0.29, 0.717) is 0 Å². The molecule has 0 rings (SSSR count). The highest BCUT2D eigenvalue weighted by Crippen LogP contribution is 1.93. The van der Waals surface area contributed by atoms with Crippen LogP contribution < -0.4 is 5.73 Å². The van der Waals surface area contributed by atoms with Crippen LogP contribution in [-0.4, -0.2) is 16.6 Å². The maximum Gasteiger partial charge on any atom is 0.240 e. The van der Waals surface area contributed by atoms with Gasteiger partial charge in [-0.3, -0.25) is 4.79 Å². The van der Waals surface area contributed by atoms with Crippen LogP contribution in [0.15, 0.2) is 12.7 Å². The lowest BCUT2D eigenvalue weighted by atomic mass is 10.2. The molecular formula is C7H15NO2. The number of hydrogen-bond donors (Lipinski definition) is 2. The van der Waals surface area contributed by atoms with E-state index in [4.69, 9.17) is 5.11 Å². The third kappa shape index (κ3) is 199. The number of carbonyl (C=O) groups is 1. The summed E-state index contributed by atoms with van der Waals surface area (Å²) in [5, 5.41) is 8.52. The van der Waals surface area contributed by atoms with E-state index in [0.717, 1.165) is 6.08 Å². The summed E-state index contributed by atoms with van der Waals surface area (Å²) in [5.74, 6) is -0.481. The van der Waals surface area contributed by atoms with Gasteiger partial charge in [0, 0.05) is 0 Å². The molecule has 3 N–H and O–H groups in total. The van der Waals surface area contributed by atoms with Crippen molar-refractivity contribution in [1.82, 2.24) is 0 Å². The fourth-order valence-corrected chi connectivity index (χ4v) is 0. The molecular weight excluding hydrogens is 130 g/mol. The molecule has 0 aromatic heterocycles. The highest BCUT2D eigenvalue weighted by Gasteiger charge is 1.97. The van der Waals surface area contributed by atoms with Crippen molar-refractivity contribution in [1.29, 1.82) is 0 Å². The molecule has 0 aromatic rings. The van der Waals surface area contributed by atoms with Gasteiger partial charge in [-0.2, -0.15) is 0 Å². The smallest absolute Gasteiger partial charge is 0.240 e. The Morgan fingerprint density at radius 3 is 1.70 bits per heavy atom. The minimum absolute atomic E-state index is 0.481. The van der Waals surface area contributed by atoms with Crippen molar-refractivity contribution in [3.8, 4) is 0 Å². The largest absolute Gasteiger partial charge is 0.391 e. The van der Waals surface area contributed by atoms with Gasteiger partial charge in [0.05, 0.1) is 5.60 Å². The first-order chi connectivity index (χ1) is 4.27. The molecule has 0 saturated carbocycles. The molecule has 0 radical (unpaired) electrons. The highest BCUT2D eigenvalue weighted by atomic mass is 16.3. The van der Waals surface area contributed by atoms with Crippen LogP contribution in [0.2, 0.25) is 0 Å². The first-order valence-electron chi connectivity index (χ1n) is 2.91. The van der Waals surface area contributed by atoms with E-state index in [1.165, 1.54) is 0 Å². The fraction of sp³-hybridized carbons (Fsp3) is 0.571. The van der Waals surface area contributed by atoms with E-state index in [-0.39, 0.29) is 0 Å². The van der Waals surface area contributed by atoms with Crippen molar-refractivity contribution < 1.29 is 9.90 Å². The molecule has 0 aliphatic rings. The maximum atomic E-state index is 9.47. The average molecular weight is 145 g/mol. The van der Waals surface area contributed by atoms with E-state index in [2.05, 4.69) is 12.3 Å². The minimum atomic E-state index is -0.500. The molecule has 0 spiro atoms. The van der Waals surface area contributed by atoms with Gasteiger partial charge in [-0.05, 0) is 26.8 Å². The molecule has 0 heterocycles. The van der Waals surface area contributed by atoms with E-state index in [9.17, 15) is 4.79 Å². The van der Waals surface area contributed by atoms with Crippen LogP contribution in [0.1, 0.15) is 20.8 Å². The van der Waals surface area contributed by atoms with Gasteiger partial charge in [0.15, 0.2) is 0 Å². The molecule has 0 aromatic carbocycles. The van der Waals surface area contributed by atoms with Crippen LogP contribution in [0, 0.1) is 0 Å². The molecule has 3 nitrogen and oxygen atoms in total. The lowest BCUT2D eigenvalue weighted by Gasteiger charge is -2.04. The predicted octanol–water partition coefficient (Wildman–Crippen LogP) is 0.435. The summed E-state index contributed by atoms with van der Waals surface area (Å²) in [6.45, 7) is 8.31. The molecule has 0 atom stereocenters. The molecule has 0 aliphatic heterocycles. The van der Waals surface area contributed by atoms with Crippen LogP contribution in [-0.2, 0) is 4.79 Å². The summed E-state index contributed by atoms with van der Waals surface area (Å²) in [6.07, 6.45) is 1.06. The Balaban J connectivity index is 0. The Morgan fingerprint density at radius 1 is 1.60 bits per heavy atom. The van der Waals surface area contributed by atoms with Crippen molar-refractivity contribution in [3.05, 3.63) is 12.7 Å². The third-order valence-corrected chi connectivity index (χ3v) is 0.201. The minimum Gasteiger partial charge on any atom is -0.391 e. The molecule has 0 bridgehead atoms. The fourth-order valence-electron chi connectivity index (χ4n) is 0. The first kappa shape index (κ1) is 11.9.